The molecule has 0 aliphatic heterocycles. The summed E-state index contributed by atoms with van der Waals surface area (Å²) < 4.78 is 23.0. The average molecular weight is 353 g/mol. The lowest BCUT2D eigenvalue weighted by Gasteiger charge is -2.11. The zero-order chi connectivity index (χ0) is 17.0. The molecule has 0 atom stereocenters. The zero-order valence-electron chi connectivity index (χ0n) is 12.8. The van der Waals surface area contributed by atoms with Gasteiger partial charge in [0, 0.05) is 22.7 Å². The number of hydrogen-bond donors (Lipinski definition) is 2. The first-order valence-electron chi connectivity index (χ1n) is 6.86. The molecule has 0 saturated carbocycles. The van der Waals surface area contributed by atoms with E-state index in [0.29, 0.717) is 10.7 Å². The molecule has 2 rings (SSSR count). The highest BCUT2D eigenvalue weighted by atomic mass is 35.5. The van der Waals surface area contributed by atoms with Gasteiger partial charge in [-0.1, -0.05) is 23.7 Å². The second-order valence-electron chi connectivity index (χ2n) is 5.16. The van der Waals surface area contributed by atoms with E-state index in [1.54, 1.807) is 24.3 Å². The normalized spacial score (nSPS) is 11.1. The molecule has 1 amide bonds. The summed E-state index contributed by atoms with van der Waals surface area (Å²) in [6, 6.07) is 11.5. The highest BCUT2D eigenvalue weighted by molar-refractivity contribution is 7.90. The van der Waals surface area contributed by atoms with Crippen molar-refractivity contribution >= 4 is 38.7 Å². The largest absolute Gasteiger partial charge is 0.376 e. The van der Waals surface area contributed by atoms with Crippen LogP contribution in [0.5, 0.6) is 0 Å². The number of anilines is 2. The number of carbonyl (C=O) groups excluding carboxylic acids is 1. The standard InChI is InChI=1S/C16H17ClN2O3S/c1-11-6-7-12(17)8-15(11)18-10-16(20)19-13-4-3-5-14(9-13)23(2,21)22/h3-9,18H,10H2,1-2H3,(H,19,20). The molecule has 5 nitrogen and oxygen atoms in total. The number of carbonyl (C=O) groups is 1. The third-order valence-corrected chi connectivity index (χ3v) is 4.53. The van der Waals surface area contributed by atoms with Crippen molar-refractivity contribution in [2.75, 3.05) is 23.4 Å². The predicted molar refractivity (Wildman–Crippen MR) is 92.9 cm³/mol. The first kappa shape index (κ1) is 17.3. The second kappa shape index (κ2) is 7.02. The molecule has 0 spiro atoms. The van der Waals surface area contributed by atoms with Crippen LogP contribution < -0.4 is 10.6 Å². The quantitative estimate of drug-likeness (QED) is 0.867. The van der Waals surface area contributed by atoms with Crippen molar-refractivity contribution in [3.63, 3.8) is 0 Å². The van der Waals surface area contributed by atoms with Gasteiger partial charge in [0.2, 0.25) is 5.91 Å². The number of benzene rings is 2. The van der Waals surface area contributed by atoms with Gasteiger partial charge < -0.3 is 10.6 Å². The molecule has 0 heterocycles. The Bertz CT molecular complexity index is 835. The second-order valence-corrected chi connectivity index (χ2v) is 7.61. The topological polar surface area (TPSA) is 75.3 Å². The van der Waals surface area contributed by atoms with E-state index < -0.39 is 9.84 Å². The molecular formula is C16H17ClN2O3S. The number of rotatable bonds is 5. The summed E-state index contributed by atoms with van der Waals surface area (Å²) in [5.74, 6) is -0.282. The van der Waals surface area contributed by atoms with Crippen molar-refractivity contribution in [2.24, 2.45) is 0 Å². The summed E-state index contributed by atoms with van der Waals surface area (Å²) in [6.45, 7) is 1.95. The molecule has 0 fully saturated rings. The van der Waals surface area contributed by atoms with Crippen LogP contribution in [0, 0.1) is 6.92 Å². The van der Waals surface area contributed by atoms with E-state index >= 15 is 0 Å². The van der Waals surface area contributed by atoms with Gasteiger partial charge in [0.15, 0.2) is 9.84 Å². The number of aryl methyl sites for hydroxylation is 1. The molecule has 0 unspecified atom stereocenters. The van der Waals surface area contributed by atoms with Crippen LogP contribution in [-0.4, -0.2) is 27.1 Å². The Morgan fingerprint density at radius 3 is 2.61 bits per heavy atom. The molecule has 2 N–H and O–H groups in total. The third-order valence-electron chi connectivity index (χ3n) is 3.18. The van der Waals surface area contributed by atoms with E-state index in [-0.39, 0.29) is 17.3 Å². The molecule has 0 radical (unpaired) electrons. The summed E-state index contributed by atoms with van der Waals surface area (Å²) >= 11 is 5.92. The van der Waals surface area contributed by atoms with Gasteiger partial charge in [-0.25, -0.2) is 8.42 Å². The van der Waals surface area contributed by atoms with E-state index in [0.717, 1.165) is 17.5 Å². The lowest BCUT2D eigenvalue weighted by molar-refractivity contribution is -0.114. The van der Waals surface area contributed by atoms with Crippen LogP contribution in [0.3, 0.4) is 0 Å². The van der Waals surface area contributed by atoms with Crippen LogP contribution in [0.15, 0.2) is 47.4 Å². The molecular weight excluding hydrogens is 336 g/mol. The Balaban J connectivity index is 2.01. The van der Waals surface area contributed by atoms with Crippen LogP contribution in [0.25, 0.3) is 0 Å². The summed E-state index contributed by atoms with van der Waals surface area (Å²) in [4.78, 5) is 12.1. The Labute approximate surface area is 140 Å². The summed E-state index contributed by atoms with van der Waals surface area (Å²) in [7, 11) is -3.31. The van der Waals surface area contributed by atoms with Crippen LogP contribution in [0.1, 0.15) is 5.56 Å². The minimum Gasteiger partial charge on any atom is -0.376 e. The van der Waals surface area contributed by atoms with Gasteiger partial charge in [-0.2, -0.15) is 0 Å². The summed E-state index contributed by atoms with van der Waals surface area (Å²) in [6.07, 6.45) is 1.12. The van der Waals surface area contributed by atoms with E-state index in [9.17, 15) is 13.2 Å². The Kier molecular flexibility index (Phi) is 5.28. The number of sulfone groups is 1. The van der Waals surface area contributed by atoms with Gasteiger partial charge in [-0.3, -0.25) is 4.79 Å². The minimum atomic E-state index is -3.31. The van der Waals surface area contributed by atoms with Gasteiger partial charge in [0.05, 0.1) is 11.4 Å². The highest BCUT2D eigenvalue weighted by Crippen LogP contribution is 2.20. The third kappa shape index (κ3) is 4.97. The lowest BCUT2D eigenvalue weighted by Crippen LogP contribution is -2.22. The van der Waals surface area contributed by atoms with E-state index in [1.807, 2.05) is 13.0 Å². The van der Waals surface area contributed by atoms with Crippen molar-refractivity contribution in [1.82, 2.24) is 0 Å². The van der Waals surface area contributed by atoms with Crippen molar-refractivity contribution in [1.29, 1.82) is 0 Å². The maximum atomic E-state index is 12.0. The smallest absolute Gasteiger partial charge is 0.243 e. The molecule has 0 bridgehead atoms. The molecule has 122 valence electrons. The monoisotopic (exact) mass is 352 g/mol. The van der Waals surface area contributed by atoms with Gasteiger partial charge in [-0.15, -0.1) is 0 Å². The van der Waals surface area contributed by atoms with Gasteiger partial charge in [0.1, 0.15) is 0 Å². The fraction of sp³-hybridized carbons (Fsp3) is 0.188. The molecule has 0 saturated heterocycles. The van der Waals surface area contributed by atoms with E-state index in [2.05, 4.69) is 10.6 Å². The van der Waals surface area contributed by atoms with Crippen LogP contribution in [0.2, 0.25) is 5.02 Å². The lowest BCUT2D eigenvalue weighted by atomic mass is 10.2. The number of halogens is 1. The van der Waals surface area contributed by atoms with Crippen LogP contribution >= 0.6 is 11.6 Å². The fourth-order valence-corrected chi connectivity index (χ4v) is 2.81. The summed E-state index contributed by atoms with van der Waals surface area (Å²) in [5, 5.41) is 6.25. The van der Waals surface area contributed by atoms with E-state index in [1.165, 1.54) is 12.1 Å². The first-order valence-corrected chi connectivity index (χ1v) is 9.12. The predicted octanol–water partition coefficient (Wildman–Crippen LogP) is 3.10. The maximum Gasteiger partial charge on any atom is 0.243 e. The van der Waals surface area contributed by atoms with Crippen molar-refractivity contribution in [2.45, 2.75) is 11.8 Å². The van der Waals surface area contributed by atoms with Crippen LogP contribution in [0.4, 0.5) is 11.4 Å². The number of amides is 1. The number of hydrogen-bond acceptors (Lipinski definition) is 4. The van der Waals surface area contributed by atoms with Crippen molar-refractivity contribution < 1.29 is 13.2 Å². The Morgan fingerprint density at radius 1 is 1.17 bits per heavy atom. The molecule has 0 aromatic heterocycles. The van der Waals surface area contributed by atoms with Gasteiger partial charge >= 0.3 is 0 Å². The van der Waals surface area contributed by atoms with E-state index in [4.69, 9.17) is 11.6 Å². The highest BCUT2D eigenvalue weighted by Gasteiger charge is 2.09. The Hall–Kier alpha value is -2.05. The first-order chi connectivity index (χ1) is 10.8. The zero-order valence-corrected chi connectivity index (χ0v) is 14.3. The SMILES string of the molecule is Cc1ccc(Cl)cc1NCC(=O)Nc1cccc(S(C)(=O)=O)c1. The Morgan fingerprint density at radius 2 is 1.91 bits per heavy atom. The van der Waals surface area contributed by atoms with Crippen molar-refractivity contribution in [3.8, 4) is 0 Å². The molecule has 2 aromatic carbocycles. The maximum absolute atomic E-state index is 12.0. The fourth-order valence-electron chi connectivity index (χ4n) is 1.97. The molecule has 23 heavy (non-hydrogen) atoms. The van der Waals surface area contributed by atoms with Gasteiger partial charge in [0.25, 0.3) is 0 Å². The molecule has 2 aromatic rings. The number of nitrogens with one attached hydrogen (secondary N) is 2. The van der Waals surface area contributed by atoms with Crippen LogP contribution in [-0.2, 0) is 14.6 Å². The molecule has 7 heteroatoms. The minimum absolute atomic E-state index is 0.0459. The van der Waals surface area contributed by atoms with Crippen molar-refractivity contribution in [3.05, 3.63) is 53.1 Å². The van der Waals surface area contributed by atoms with Gasteiger partial charge in [-0.05, 0) is 42.8 Å². The average Bonchev–Trinajstić information content (AvgIpc) is 2.47. The summed E-state index contributed by atoms with van der Waals surface area (Å²) in [5.41, 5.74) is 2.18. The molecule has 0 aliphatic rings. The molecule has 0 aliphatic carbocycles.